The smallest absolute Gasteiger partial charge is 0.105 e. The molecule has 0 aliphatic rings. The van der Waals surface area contributed by atoms with Crippen LogP contribution in [0.1, 0.15) is 20.8 Å². The predicted octanol–water partition coefficient (Wildman–Crippen LogP) is 1.55. The Balaban J connectivity index is 3.54. The molecule has 0 saturated heterocycles. The molecule has 0 spiro atoms. The molecule has 0 aromatic rings. The molecule has 0 saturated carbocycles. The zero-order chi connectivity index (χ0) is 6.08. The standard InChI is InChI=1S/C4H10BP/c1-4(2,3)6-5/h6H,1-3H3/i6D. The van der Waals surface area contributed by atoms with Crippen molar-refractivity contribution in [3.05, 3.63) is 0 Å². The number of rotatable bonds is 0. The minimum absolute atomic E-state index is 0.00926. The fourth-order valence-electron chi connectivity index (χ4n) is 0. The second-order valence-corrected chi connectivity index (χ2v) is 3.90. The maximum atomic E-state index is 7.07. The predicted molar refractivity (Wildman–Crippen MR) is 33.8 cm³/mol. The molecule has 6 heavy (non-hydrogen) atoms. The van der Waals surface area contributed by atoms with E-state index in [2.05, 4.69) is 0 Å². The van der Waals surface area contributed by atoms with Crippen LogP contribution >= 0.6 is 8.40 Å². The molecule has 0 amide bonds. The highest BCUT2D eigenvalue weighted by Crippen LogP contribution is 2.24. The van der Waals surface area contributed by atoms with Gasteiger partial charge in [-0.3, -0.25) is 0 Å². The molecule has 0 aromatic carbocycles. The van der Waals surface area contributed by atoms with E-state index in [0.717, 1.165) is 0 Å². The van der Waals surface area contributed by atoms with Crippen LogP contribution in [0.2, 0.25) is 0 Å². The molecule has 0 N–H and O–H groups in total. The fraction of sp³-hybridized carbons (Fsp3) is 1.00. The van der Waals surface area contributed by atoms with Gasteiger partial charge in [0.1, 0.15) is 7.57 Å². The Hall–Kier alpha value is 0.495. The highest BCUT2D eigenvalue weighted by Gasteiger charge is 2.02. The molecule has 0 aliphatic heterocycles. The van der Waals surface area contributed by atoms with E-state index in [9.17, 15) is 0 Å². The summed E-state index contributed by atoms with van der Waals surface area (Å²) >= 11 is 0. The maximum Gasteiger partial charge on any atom is 0.105 e. The van der Waals surface area contributed by atoms with Crippen molar-refractivity contribution in [3.8, 4) is 0 Å². The Morgan fingerprint density at radius 1 is 1.67 bits per heavy atom. The monoisotopic (exact) mass is 101 g/mol. The lowest BCUT2D eigenvalue weighted by molar-refractivity contribution is 0.801. The van der Waals surface area contributed by atoms with Crippen LogP contribution in [0.15, 0.2) is 0 Å². The van der Waals surface area contributed by atoms with Crippen molar-refractivity contribution in [3.63, 3.8) is 0 Å². The molecule has 0 aromatic heterocycles. The van der Waals surface area contributed by atoms with Crippen molar-refractivity contribution >= 4 is 16.0 Å². The van der Waals surface area contributed by atoms with E-state index in [-0.39, 0.29) is 5.16 Å². The van der Waals surface area contributed by atoms with Crippen molar-refractivity contribution in [2.75, 3.05) is 0 Å². The molecule has 2 heteroatoms. The first kappa shape index (κ1) is 4.65. The van der Waals surface area contributed by atoms with Crippen LogP contribution in [0.5, 0.6) is 0 Å². The van der Waals surface area contributed by atoms with Crippen molar-refractivity contribution in [2.45, 2.75) is 25.9 Å². The first-order chi connectivity index (χ1) is 2.94. The van der Waals surface area contributed by atoms with Gasteiger partial charge in [-0.2, -0.15) is 8.40 Å². The van der Waals surface area contributed by atoms with Crippen molar-refractivity contribution in [1.82, 2.24) is 0 Å². The highest BCUT2D eigenvalue weighted by molar-refractivity contribution is 7.67. The van der Waals surface area contributed by atoms with Crippen LogP contribution < -0.4 is 0 Å². The van der Waals surface area contributed by atoms with E-state index in [0.29, 0.717) is 0 Å². The van der Waals surface area contributed by atoms with Crippen LogP contribution in [0, 0.1) is 0 Å². The summed E-state index contributed by atoms with van der Waals surface area (Å²) in [5, 5.41) is 0.00926. The number of hydrogen-bond acceptors (Lipinski definition) is 0. The lowest BCUT2D eigenvalue weighted by Gasteiger charge is -2.13. The summed E-state index contributed by atoms with van der Waals surface area (Å²) < 4.78 is 7.07. The van der Waals surface area contributed by atoms with E-state index in [1.807, 2.05) is 20.8 Å². The zero-order valence-electron chi connectivity index (χ0n) is 5.52. The first-order valence-electron chi connectivity index (χ1n) is 2.43. The van der Waals surface area contributed by atoms with E-state index < -0.39 is 8.40 Å². The third-order valence-electron chi connectivity index (χ3n) is 0.387. The molecule has 0 bridgehead atoms. The Bertz CT molecular complexity index is 57.2. The van der Waals surface area contributed by atoms with Crippen LogP contribution in [0.3, 0.4) is 0 Å². The van der Waals surface area contributed by atoms with E-state index in [1.165, 1.54) is 0 Å². The quantitative estimate of drug-likeness (QED) is 0.320. The topological polar surface area (TPSA) is 0 Å². The second-order valence-electron chi connectivity index (χ2n) is 2.30. The van der Waals surface area contributed by atoms with Gasteiger partial charge in [-0.05, 0) is 5.16 Å². The maximum absolute atomic E-state index is 7.07. The van der Waals surface area contributed by atoms with Gasteiger partial charge in [0.2, 0.25) is 0 Å². The summed E-state index contributed by atoms with van der Waals surface area (Å²) in [7, 11) is 4.31. The molecular formula is C4H10BP. The van der Waals surface area contributed by atoms with Gasteiger partial charge < -0.3 is 0 Å². The Labute approximate surface area is 44.1 Å². The van der Waals surface area contributed by atoms with Crippen LogP contribution in [-0.4, -0.2) is 14.0 Å². The summed E-state index contributed by atoms with van der Waals surface area (Å²) in [6.07, 6.45) is 0. The molecule has 1 atom stereocenters. The summed E-state index contributed by atoms with van der Waals surface area (Å²) in [6.45, 7) is 5.93. The molecule has 0 fully saturated rings. The first-order valence-corrected chi connectivity index (χ1v) is 2.95. The molecule has 0 aliphatic carbocycles. The van der Waals surface area contributed by atoms with Crippen LogP contribution in [0.25, 0.3) is 0 Å². The Morgan fingerprint density at radius 2 is 1.83 bits per heavy atom. The summed E-state index contributed by atoms with van der Waals surface area (Å²) in [5.41, 5.74) is 0. The van der Waals surface area contributed by atoms with Gasteiger partial charge in [-0.25, -0.2) is 0 Å². The normalized spacial score (nSPS) is 19.5. The minimum atomic E-state index is -0.992. The van der Waals surface area contributed by atoms with Gasteiger partial charge in [0.25, 0.3) is 0 Å². The molecule has 0 rings (SSSR count). The van der Waals surface area contributed by atoms with Gasteiger partial charge in [0.15, 0.2) is 0 Å². The van der Waals surface area contributed by atoms with Crippen LogP contribution in [0.4, 0.5) is 0 Å². The third kappa shape index (κ3) is 4.49. The summed E-state index contributed by atoms with van der Waals surface area (Å²) in [4.78, 5) is 0. The van der Waals surface area contributed by atoms with Gasteiger partial charge in [0, 0.05) is 1.28 Å². The fourth-order valence-corrected chi connectivity index (χ4v) is 0. The van der Waals surface area contributed by atoms with E-state index in [1.54, 1.807) is 0 Å². The highest BCUT2D eigenvalue weighted by atomic mass is 31.1. The SMILES string of the molecule is [2H]P([B])C(C)(C)C. The summed E-state index contributed by atoms with van der Waals surface area (Å²) in [6, 6.07) is 0. The third-order valence-corrected chi connectivity index (χ3v) is 1.16. The van der Waals surface area contributed by atoms with E-state index in [4.69, 9.17) is 8.84 Å². The molecule has 1 unspecified atom stereocenters. The molecule has 0 nitrogen and oxygen atoms in total. The lowest BCUT2D eigenvalue weighted by atomic mass is 10.3. The largest absolute Gasteiger partial charge is 0.166 e. The summed E-state index contributed by atoms with van der Waals surface area (Å²) in [5.74, 6) is 0. The van der Waals surface area contributed by atoms with Crippen molar-refractivity contribution in [1.29, 1.82) is 1.28 Å². The number of hydrogen-bond donors (Lipinski definition) is 0. The van der Waals surface area contributed by atoms with Gasteiger partial charge in [-0.15, -0.1) is 0 Å². The van der Waals surface area contributed by atoms with Gasteiger partial charge in [-0.1, -0.05) is 20.8 Å². The molecular weight excluding hydrogens is 89.8 g/mol. The minimum Gasteiger partial charge on any atom is -0.166 e. The van der Waals surface area contributed by atoms with Gasteiger partial charge >= 0.3 is 0 Å². The average molecular weight is 101 g/mol. The second kappa shape index (κ2) is 1.98. The van der Waals surface area contributed by atoms with Crippen molar-refractivity contribution < 1.29 is 0 Å². The zero-order valence-corrected chi connectivity index (χ0v) is 5.42. The van der Waals surface area contributed by atoms with Crippen LogP contribution in [-0.2, 0) is 0 Å². The van der Waals surface area contributed by atoms with Gasteiger partial charge in [0.05, 0.1) is 0 Å². The van der Waals surface area contributed by atoms with E-state index >= 15 is 0 Å². The molecule has 34 valence electrons. The average Bonchev–Trinajstić information content (AvgIpc) is 1.31. The molecule has 0 heterocycles. The lowest BCUT2D eigenvalue weighted by Crippen LogP contribution is -2.02. The van der Waals surface area contributed by atoms with Crippen molar-refractivity contribution in [2.24, 2.45) is 0 Å². The Morgan fingerprint density at radius 3 is 1.83 bits per heavy atom. The molecule has 2 radical (unpaired) electrons. The Kier molecular flexibility index (Phi) is 1.53.